The smallest absolute Gasteiger partial charge is 0.460 e. The molecule has 9 nitrogen and oxygen atoms in total. The molecule has 0 saturated carbocycles. The highest BCUT2D eigenvalue weighted by Gasteiger charge is 2.13. The summed E-state index contributed by atoms with van der Waals surface area (Å²) in [5.41, 5.74) is 1.38. The summed E-state index contributed by atoms with van der Waals surface area (Å²) in [7, 11) is 0. The van der Waals surface area contributed by atoms with Crippen LogP contribution in [0, 0.1) is 10.1 Å². The molecule has 0 atom stereocenters. The van der Waals surface area contributed by atoms with Crippen LogP contribution in [0.1, 0.15) is 10.4 Å². The summed E-state index contributed by atoms with van der Waals surface area (Å²) in [5.74, 6) is -0.943. The molecule has 9 heteroatoms. The molecule has 0 radical (unpaired) electrons. The van der Waals surface area contributed by atoms with Crippen molar-refractivity contribution in [3.8, 4) is 0 Å². The first kappa shape index (κ1) is 13.7. The molecule has 3 rings (SSSR count). The molecule has 0 unspecified atom stereocenters. The molecule has 22 heavy (non-hydrogen) atoms. The minimum absolute atomic E-state index is 0.0462. The predicted molar refractivity (Wildman–Crippen MR) is 75.3 cm³/mol. The SMILES string of the molecule is O=C(OCCn1cnc([N+](=O)[O-])n1)c1ccc2[nH]ccc2c1. The number of esters is 1. The van der Waals surface area contributed by atoms with Gasteiger partial charge >= 0.3 is 11.9 Å². The number of fused-ring (bicyclic) bond motifs is 1. The highest BCUT2D eigenvalue weighted by Crippen LogP contribution is 2.15. The van der Waals surface area contributed by atoms with Crippen molar-refractivity contribution in [3.63, 3.8) is 0 Å². The fourth-order valence-electron chi connectivity index (χ4n) is 1.97. The van der Waals surface area contributed by atoms with Crippen LogP contribution in [0.3, 0.4) is 0 Å². The summed E-state index contributed by atoms with van der Waals surface area (Å²) >= 11 is 0. The number of rotatable bonds is 5. The Kier molecular flexibility index (Phi) is 3.52. The van der Waals surface area contributed by atoms with Crippen molar-refractivity contribution < 1.29 is 14.5 Å². The fourth-order valence-corrected chi connectivity index (χ4v) is 1.97. The van der Waals surface area contributed by atoms with E-state index in [1.165, 1.54) is 11.0 Å². The number of hydrogen-bond donors (Lipinski definition) is 1. The lowest BCUT2D eigenvalue weighted by molar-refractivity contribution is -0.394. The van der Waals surface area contributed by atoms with Gasteiger partial charge in [0, 0.05) is 22.2 Å². The van der Waals surface area contributed by atoms with Crippen molar-refractivity contribution >= 4 is 22.8 Å². The van der Waals surface area contributed by atoms with E-state index in [1.54, 1.807) is 24.4 Å². The molecule has 0 amide bonds. The summed E-state index contributed by atoms with van der Waals surface area (Å²) < 4.78 is 6.37. The molecule has 0 fully saturated rings. The normalized spacial score (nSPS) is 10.7. The Balaban J connectivity index is 1.58. The number of carbonyl (C=O) groups is 1. The average Bonchev–Trinajstić information content (AvgIpc) is 3.15. The number of aromatic nitrogens is 4. The number of carbonyl (C=O) groups excluding carboxylic acids is 1. The molecule has 2 heterocycles. The van der Waals surface area contributed by atoms with Crippen LogP contribution in [0.15, 0.2) is 36.8 Å². The Morgan fingerprint density at radius 3 is 3.05 bits per heavy atom. The molecular weight excluding hydrogens is 290 g/mol. The third kappa shape index (κ3) is 2.77. The van der Waals surface area contributed by atoms with Gasteiger partial charge in [0.2, 0.25) is 6.33 Å². The number of ether oxygens (including phenoxy) is 1. The highest BCUT2D eigenvalue weighted by atomic mass is 16.6. The van der Waals surface area contributed by atoms with Gasteiger partial charge in [0.1, 0.15) is 6.61 Å². The molecule has 3 aromatic rings. The van der Waals surface area contributed by atoms with E-state index in [0.29, 0.717) is 5.56 Å². The standard InChI is InChI=1S/C13H11N5O4/c19-12(10-1-2-11-9(7-10)3-4-14-11)22-6-5-17-8-15-13(16-17)18(20)21/h1-4,7-8,14H,5-6H2. The number of nitrogens with zero attached hydrogens (tertiary/aromatic N) is 4. The molecule has 0 aliphatic heterocycles. The van der Waals surface area contributed by atoms with E-state index in [4.69, 9.17) is 4.74 Å². The molecule has 0 aliphatic carbocycles. The minimum atomic E-state index is -0.686. The van der Waals surface area contributed by atoms with E-state index in [1.807, 2.05) is 6.07 Å². The minimum Gasteiger partial charge on any atom is -0.460 e. The van der Waals surface area contributed by atoms with E-state index in [2.05, 4.69) is 15.1 Å². The lowest BCUT2D eigenvalue weighted by Crippen LogP contribution is -2.12. The zero-order valence-corrected chi connectivity index (χ0v) is 11.3. The number of hydrogen-bond acceptors (Lipinski definition) is 6. The molecule has 0 saturated heterocycles. The predicted octanol–water partition coefficient (Wildman–Crippen LogP) is 1.52. The van der Waals surface area contributed by atoms with Crippen molar-refractivity contribution in [2.24, 2.45) is 0 Å². The van der Waals surface area contributed by atoms with E-state index in [9.17, 15) is 14.9 Å². The summed E-state index contributed by atoms with van der Waals surface area (Å²) in [6.07, 6.45) is 3.01. The molecule has 2 aromatic heterocycles. The monoisotopic (exact) mass is 301 g/mol. The van der Waals surface area contributed by atoms with E-state index < -0.39 is 16.8 Å². The second-order valence-electron chi connectivity index (χ2n) is 4.48. The summed E-state index contributed by atoms with van der Waals surface area (Å²) in [5, 5.41) is 15.0. The zero-order chi connectivity index (χ0) is 15.5. The first-order valence-corrected chi connectivity index (χ1v) is 6.41. The van der Waals surface area contributed by atoms with Crippen LogP contribution in [-0.2, 0) is 11.3 Å². The largest absolute Gasteiger partial charge is 0.490 e. The van der Waals surface area contributed by atoms with E-state index in [0.717, 1.165) is 10.9 Å². The molecular formula is C13H11N5O4. The average molecular weight is 301 g/mol. The van der Waals surface area contributed by atoms with Gasteiger partial charge in [-0.1, -0.05) is 4.98 Å². The molecule has 0 spiro atoms. The van der Waals surface area contributed by atoms with Crippen LogP contribution in [0.2, 0.25) is 0 Å². The Labute approximate surface area is 123 Å². The number of nitro groups is 1. The molecule has 1 N–H and O–H groups in total. The van der Waals surface area contributed by atoms with Crippen LogP contribution < -0.4 is 0 Å². The second kappa shape index (κ2) is 5.64. The molecule has 0 bridgehead atoms. The molecule has 1 aromatic carbocycles. The molecule has 112 valence electrons. The van der Waals surface area contributed by atoms with Gasteiger partial charge in [-0.15, -0.1) is 0 Å². The fraction of sp³-hybridized carbons (Fsp3) is 0.154. The van der Waals surface area contributed by atoms with Crippen LogP contribution >= 0.6 is 0 Å². The van der Waals surface area contributed by atoms with Gasteiger partial charge in [-0.25, -0.2) is 4.79 Å². The van der Waals surface area contributed by atoms with Gasteiger partial charge in [0.15, 0.2) is 0 Å². The Hall–Kier alpha value is -3.23. The van der Waals surface area contributed by atoms with Crippen LogP contribution in [-0.4, -0.2) is 37.2 Å². The van der Waals surface area contributed by atoms with Gasteiger partial charge in [0.05, 0.1) is 12.1 Å². The Bertz CT molecular complexity index is 838. The number of aromatic amines is 1. The Morgan fingerprint density at radius 1 is 1.41 bits per heavy atom. The highest BCUT2D eigenvalue weighted by molar-refractivity contribution is 5.94. The zero-order valence-electron chi connectivity index (χ0n) is 11.3. The van der Waals surface area contributed by atoms with E-state index >= 15 is 0 Å². The Morgan fingerprint density at radius 2 is 2.27 bits per heavy atom. The molecule has 0 aliphatic rings. The van der Waals surface area contributed by atoms with Crippen molar-refractivity contribution in [1.29, 1.82) is 0 Å². The lowest BCUT2D eigenvalue weighted by Gasteiger charge is -2.03. The summed E-state index contributed by atoms with van der Waals surface area (Å²) in [6.45, 7) is 0.240. The van der Waals surface area contributed by atoms with Gasteiger partial charge in [-0.05, 0) is 29.2 Å². The van der Waals surface area contributed by atoms with Crippen LogP contribution in [0.25, 0.3) is 10.9 Å². The van der Waals surface area contributed by atoms with Gasteiger partial charge in [-0.2, -0.15) is 4.68 Å². The number of nitrogens with one attached hydrogen (secondary N) is 1. The summed E-state index contributed by atoms with van der Waals surface area (Å²) in [4.78, 5) is 28.2. The van der Waals surface area contributed by atoms with Crippen molar-refractivity contribution in [3.05, 3.63) is 52.5 Å². The maximum Gasteiger partial charge on any atom is 0.490 e. The maximum atomic E-state index is 11.9. The van der Waals surface area contributed by atoms with E-state index in [-0.39, 0.29) is 13.2 Å². The number of benzene rings is 1. The van der Waals surface area contributed by atoms with Crippen LogP contribution in [0.5, 0.6) is 0 Å². The van der Waals surface area contributed by atoms with Gasteiger partial charge in [0.25, 0.3) is 0 Å². The van der Waals surface area contributed by atoms with Crippen molar-refractivity contribution in [1.82, 2.24) is 19.7 Å². The first-order valence-electron chi connectivity index (χ1n) is 6.41. The lowest BCUT2D eigenvalue weighted by atomic mass is 10.1. The summed E-state index contributed by atoms with van der Waals surface area (Å²) in [6, 6.07) is 7.06. The van der Waals surface area contributed by atoms with Crippen molar-refractivity contribution in [2.75, 3.05) is 6.61 Å². The van der Waals surface area contributed by atoms with Crippen LogP contribution in [0.4, 0.5) is 5.95 Å². The topological polar surface area (TPSA) is 116 Å². The van der Waals surface area contributed by atoms with Gasteiger partial charge in [-0.3, -0.25) is 0 Å². The third-order valence-electron chi connectivity index (χ3n) is 3.03. The maximum absolute atomic E-state index is 11.9. The number of H-pyrrole nitrogens is 1. The quantitative estimate of drug-likeness (QED) is 0.434. The van der Waals surface area contributed by atoms with Crippen molar-refractivity contribution in [2.45, 2.75) is 6.54 Å². The third-order valence-corrected chi connectivity index (χ3v) is 3.03. The second-order valence-corrected chi connectivity index (χ2v) is 4.48. The van der Waals surface area contributed by atoms with Gasteiger partial charge < -0.3 is 19.8 Å². The first-order chi connectivity index (χ1) is 10.6.